The van der Waals surface area contributed by atoms with Crippen molar-refractivity contribution in [2.24, 2.45) is 0 Å². The summed E-state index contributed by atoms with van der Waals surface area (Å²) < 4.78 is 0. The summed E-state index contributed by atoms with van der Waals surface area (Å²) in [6.07, 6.45) is 1.18. The van der Waals surface area contributed by atoms with E-state index in [1.54, 1.807) is 0 Å². The Kier molecular flexibility index (Phi) is 4.69. The lowest BCUT2D eigenvalue weighted by molar-refractivity contribution is -0.131. The highest BCUT2D eigenvalue weighted by Crippen LogP contribution is 2.32. The van der Waals surface area contributed by atoms with Gasteiger partial charge in [-0.1, -0.05) is 23.2 Å². The number of carboxylic acid groups (broad SMARTS) is 1. The predicted molar refractivity (Wildman–Crippen MR) is 77.9 cm³/mol. The zero-order valence-corrected chi connectivity index (χ0v) is 12.4. The second-order valence-corrected chi connectivity index (χ2v) is 5.40. The second-order valence-electron chi connectivity index (χ2n) is 4.59. The van der Waals surface area contributed by atoms with Gasteiger partial charge >= 0.3 is 5.97 Å². The molecule has 6 nitrogen and oxygen atoms in total. The first-order valence-corrected chi connectivity index (χ1v) is 6.94. The number of halogens is 2. The number of rotatable bonds is 4. The van der Waals surface area contributed by atoms with Crippen molar-refractivity contribution in [3.05, 3.63) is 27.7 Å². The van der Waals surface area contributed by atoms with Gasteiger partial charge in [-0.25, -0.2) is 4.79 Å². The van der Waals surface area contributed by atoms with E-state index in [9.17, 15) is 14.4 Å². The van der Waals surface area contributed by atoms with E-state index in [1.165, 1.54) is 17.0 Å². The molecule has 1 fully saturated rings. The third-order valence-corrected chi connectivity index (χ3v) is 3.66. The monoisotopic (exact) mass is 330 g/mol. The zero-order chi connectivity index (χ0) is 15.6. The molecule has 1 aliphatic rings. The fourth-order valence-electron chi connectivity index (χ4n) is 2.04. The van der Waals surface area contributed by atoms with E-state index in [0.29, 0.717) is 13.0 Å². The van der Waals surface area contributed by atoms with Gasteiger partial charge in [0.2, 0.25) is 11.8 Å². The molecule has 0 aromatic heterocycles. The minimum absolute atomic E-state index is 0.0287. The second kappa shape index (κ2) is 6.32. The highest BCUT2D eigenvalue weighted by atomic mass is 35.5. The van der Waals surface area contributed by atoms with Crippen LogP contribution in [-0.2, 0) is 9.59 Å². The van der Waals surface area contributed by atoms with Crippen molar-refractivity contribution < 1.29 is 19.5 Å². The SMILES string of the molecule is O=C(CN1CCCC1=O)Nc1c(Cl)cc(C(=O)O)cc1Cl. The van der Waals surface area contributed by atoms with Gasteiger partial charge in [0.25, 0.3) is 0 Å². The smallest absolute Gasteiger partial charge is 0.335 e. The molecule has 2 N–H and O–H groups in total. The Labute approximate surface area is 130 Å². The minimum Gasteiger partial charge on any atom is -0.478 e. The van der Waals surface area contributed by atoms with Gasteiger partial charge in [-0.15, -0.1) is 0 Å². The van der Waals surface area contributed by atoms with Crippen molar-refractivity contribution >= 4 is 46.7 Å². The van der Waals surface area contributed by atoms with Crippen LogP contribution in [0, 0.1) is 0 Å². The summed E-state index contributed by atoms with van der Waals surface area (Å²) in [6.45, 7) is 0.470. The van der Waals surface area contributed by atoms with E-state index >= 15 is 0 Å². The van der Waals surface area contributed by atoms with Gasteiger partial charge in [-0.2, -0.15) is 0 Å². The first kappa shape index (κ1) is 15.6. The van der Waals surface area contributed by atoms with Gasteiger partial charge in [0.15, 0.2) is 0 Å². The van der Waals surface area contributed by atoms with Crippen LogP contribution in [0.15, 0.2) is 12.1 Å². The number of anilines is 1. The van der Waals surface area contributed by atoms with E-state index in [0.717, 1.165) is 6.42 Å². The lowest BCUT2D eigenvalue weighted by Gasteiger charge is -2.16. The maximum Gasteiger partial charge on any atom is 0.335 e. The zero-order valence-electron chi connectivity index (χ0n) is 10.9. The number of benzene rings is 1. The maximum atomic E-state index is 11.9. The van der Waals surface area contributed by atoms with Crippen LogP contribution in [0.25, 0.3) is 0 Å². The van der Waals surface area contributed by atoms with E-state index in [-0.39, 0.29) is 33.7 Å². The average Bonchev–Trinajstić information content (AvgIpc) is 2.79. The molecule has 0 bridgehead atoms. The molecule has 1 saturated heterocycles. The molecule has 0 spiro atoms. The molecule has 1 aliphatic heterocycles. The van der Waals surface area contributed by atoms with Crippen LogP contribution in [0.1, 0.15) is 23.2 Å². The van der Waals surface area contributed by atoms with E-state index in [4.69, 9.17) is 28.3 Å². The number of nitrogens with zero attached hydrogens (tertiary/aromatic N) is 1. The molecule has 21 heavy (non-hydrogen) atoms. The number of amides is 2. The number of hydrogen-bond acceptors (Lipinski definition) is 3. The van der Waals surface area contributed by atoms with Gasteiger partial charge in [0, 0.05) is 13.0 Å². The van der Waals surface area contributed by atoms with Gasteiger partial charge in [0.05, 0.1) is 27.8 Å². The van der Waals surface area contributed by atoms with Crippen LogP contribution < -0.4 is 5.32 Å². The Morgan fingerprint density at radius 2 is 1.90 bits per heavy atom. The molecule has 112 valence electrons. The Morgan fingerprint density at radius 1 is 1.29 bits per heavy atom. The fourth-order valence-corrected chi connectivity index (χ4v) is 2.62. The Balaban J connectivity index is 2.10. The third kappa shape index (κ3) is 3.65. The molecular weight excluding hydrogens is 319 g/mol. The summed E-state index contributed by atoms with van der Waals surface area (Å²) in [5, 5.41) is 11.4. The number of hydrogen-bond donors (Lipinski definition) is 2. The van der Waals surface area contributed by atoms with E-state index in [1.807, 2.05) is 0 Å². The maximum absolute atomic E-state index is 11.9. The van der Waals surface area contributed by atoms with Gasteiger partial charge in [-0.3, -0.25) is 9.59 Å². The lowest BCUT2D eigenvalue weighted by Crippen LogP contribution is -2.34. The van der Waals surface area contributed by atoms with Gasteiger partial charge < -0.3 is 15.3 Å². The molecule has 0 saturated carbocycles. The van der Waals surface area contributed by atoms with Crippen molar-refractivity contribution in [2.75, 3.05) is 18.4 Å². The summed E-state index contributed by atoms with van der Waals surface area (Å²) in [4.78, 5) is 35.6. The number of carbonyl (C=O) groups is 3. The molecule has 0 atom stereocenters. The summed E-state index contributed by atoms with van der Waals surface area (Å²) in [5.74, 6) is -1.67. The molecule has 8 heteroatoms. The highest BCUT2D eigenvalue weighted by molar-refractivity contribution is 6.40. The molecule has 0 aliphatic carbocycles. The standard InChI is InChI=1S/C13H12Cl2N2O4/c14-8-4-7(13(20)21)5-9(15)12(8)16-10(18)6-17-3-1-2-11(17)19/h4-5H,1-3,6H2,(H,16,18)(H,20,21). The van der Waals surface area contributed by atoms with Crippen LogP contribution in [-0.4, -0.2) is 40.9 Å². The predicted octanol–water partition coefficient (Wildman–Crippen LogP) is 2.25. The Bertz CT molecular complexity index is 595. The van der Waals surface area contributed by atoms with Crippen LogP contribution in [0.4, 0.5) is 5.69 Å². The summed E-state index contributed by atoms with van der Waals surface area (Å²) >= 11 is 11.9. The number of aromatic carboxylic acids is 1. The van der Waals surface area contributed by atoms with Crippen LogP contribution in [0.5, 0.6) is 0 Å². The first-order chi connectivity index (χ1) is 9.88. The molecule has 1 heterocycles. The van der Waals surface area contributed by atoms with Crippen molar-refractivity contribution in [3.63, 3.8) is 0 Å². The summed E-state index contributed by atoms with van der Waals surface area (Å²) in [6, 6.07) is 2.40. The van der Waals surface area contributed by atoms with Crippen molar-refractivity contribution in [3.8, 4) is 0 Å². The Morgan fingerprint density at radius 3 is 2.38 bits per heavy atom. The van der Waals surface area contributed by atoms with Crippen molar-refractivity contribution in [2.45, 2.75) is 12.8 Å². The quantitative estimate of drug-likeness (QED) is 0.886. The molecule has 1 aromatic rings. The molecule has 2 amide bonds. The number of carboxylic acids is 1. The average molecular weight is 331 g/mol. The molecule has 1 aromatic carbocycles. The number of carbonyl (C=O) groups excluding carboxylic acids is 2. The normalized spacial score (nSPS) is 14.4. The van der Waals surface area contributed by atoms with E-state index < -0.39 is 11.9 Å². The van der Waals surface area contributed by atoms with Gasteiger partial charge in [0.1, 0.15) is 0 Å². The molecule has 0 radical (unpaired) electrons. The third-order valence-electron chi connectivity index (χ3n) is 3.06. The van der Waals surface area contributed by atoms with Crippen LogP contribution >= 0.6 is 23.2 Å². The Hall–Kier alpha value is -1.79. The summed E-state index contributed by atoms with van der Waals surface area (Å²) in [5.41, 5.74) is 0.0673. The topological polar surface area (TPSA) is 86.7 Å². The summed E-state index contributed by atoms with van der Waals surface area (Å²) in [7, 11) is 0. The van der Waals surface area contributed by atoms with Crippen LogP contribution in [0.3, 0.4) is 0 Å². The number of nitrogens with one attached hydrogen (secondary N) is 1. The first-order valence-electron chi connectivity index (χ1n) is 6.18. The number of likely N-dealkylation sites (tertiary alicyclic amines) is 1. The highest BCUT2D eigenvalue weighted by Gasteiger charge is 2.23. The molecule has 2 rings (SSSR count). The van der Waals surface area contributed by atoms with Crippen molar-refractivity contribution in [1.29, 1.82) is 0 Å². The van der Waals surface area contributed by atoms with Gasteiger partial charge in [-0.05, 0) is 18.6 Å². The van der Waals surface area contributed by atoms with Crippen molar-refractivity contribution in [1.82, 2.24) is 4.90 Å². The largest absolute Gasteiger partial charge is 0.478 e. The molecular formula is C13H12Cl2N2O4. The van der Waals surface area contributed by atoms with E-state index in [2.05, 4.69) is 5.32 Å². The molecule has 0 unspecified atom stereocenters. The minimum atomic E-state index is -1.17. The lowest BCUT2D eigenvalue weighted by atomic mass is 10.2. The van der Waals surface area contributed by atoms with Crippen LogP contribution in [0.2, 0.25) is 10.0 Å². The fraction of sp³-hybridized carbons (Fsp3) is 0.308.